The fourth-order valence-corrected chi connectivity index (χ4v) is 3.29. The molecular formula is C25H26N6O2. The largest absolute Gasteiger partial charge is 0.476 e. The maximum atomic E-state index is 6.00. The molecule has 168 valence electrons. The van der Waals surface area contributed by atoms with Gasteiger partial charge < -0.3 is 25.8 Å². The first kappa shape index (κ1) is 22.0. The van der Waals surface area contributed by atoms with E-state index in [4.69, 9.17) is 20.9 Å². The number of hydrogen-bond acceptors (Lipinski definition) is 8. The minimum Gasteiger partial charge on any atom is -0.476 e. The lowest BCUT2D eigenvalue weighted by atomic mass is 9.97. The number of rotatable bonds is 8. The number of ether oxygens (including phenoxy) is 2. The Morgan fingerprint density at radius 1 is 0.848 bits per heavy atom. The molecule has 0 amide bonds. The van der Waals surface area contributed by atoms with Crippen molar-refractivity contribution in [3.63, 3.8) is 0 Å². The van der Waals surface area contributed by atoms with Crippen molar-refractivity contribution in [3.8, 4) is 39.8 Å². The number of anilines is 2. The highest BCUT2D eigenvalue weighted by molar-refractivity contribution is 5.83. The van der Waals surface area contributed by atoms with Gasteiger partial charge in [-0.2, -0.15) is 4.98 Å². The van der Waals surface area contributed by atoms with Crippen LogP contribution in [0.4, 0.5) is 11.8 Å². The van der Waals surface area contributed by atoms with Crippen LogP contribution in [-0.2, 0) is 0 Å². The molecule has 0 bridgehead atoms. The van der Waals surface area contributed by atoms with Crippen LogP contribution in [0.25, 0.3) is 22.4 Å². The number of likely N-dealkylation sites (N-methyl/N-ethyl adjacent to an activating group) is 1. The predicted molar refractivity (Wildman–Crippen MR) is 130 cm³/mol. The Balaban J connectivity index is 1.52. The second-order valence-corrected chi connectivity index (χ2v) is 7.69. The van der Waals surface area contributed by atoms with Crippen molar-refractivity contribution in [1.29, 1.82) is 0 Å². The lowest BCUT2D eigenvalue weighted by Crippen LogP contribution is -2.19. The van der Waals surface area contributed by atoms with Gasteiger partial charge in [0.25, 0.3) is 0 Å². The molecule has 0 radical (unpaired) electrons. The summed E-state index contributed by atoms with van der Waals surface area (Å²) in [6, 6.07) is 21.1. The van der Waals surface area contributed by atoms with E-state index >= 15 is 0 Å². The second kappa shape index (κ2) is 9.97. The van der Waals surface area contributed by atoms with Crippen LogP contribution in [-0.4, -0.2) is 47.1 Å². The number of nitrogens with two attached hydrogens (primary N) is 2. The summed E-state index contributed by atoms with van der Waals surface area (Å²) in [4.78, 5) is 14.6. The summed E-state index contributed by atoms with van der Waals surface area (Å²) < 4.78 is 11.7. The minimum atomic E-state index is 0.144. The van der Waals surface area contributed by atoms with E-state index in [-0.39, 0.29) is 5.95 Å². The molecule has 0 spiro atoms. The maximum absolute atomic E-state index is 6.00. The molecule has 2 heterocycles. The molecule has 0 unspecified atom stereocenters. The molecular weight excluding hydrogens is 416 g/mol. The lowest BCUT2D eigenvalue weighted by molar-refractivity contribution is 0.253. The Bertz CT molecular complexity index is 1210. The molecule has 8 nitrogen and oxygen atoms in total. The average molecular weight is 443 g/mol. The van der Waals surface area contributed by atoms with Crippen LogP contribution in [0.1, 0.15) is 0 Å². The molecule has 0 atom stereocenters. The molecule has 0 saturated carbocycles. The van der Waals surface area contributed by atoms with E-state index in [1.807, 2.05) is 62.6 Å². The molecule has 4 N–H and O–H groups in total. The summed E-state index contributed by atoms with van der Waals surface area (Å²) in [5, 5.41) is 0. The average Bonchev–Trinajstić information content (AvgIpc) is 2.79. The van der Waals surface area contributed by atoms with Gasteiger partial charge in [-0.05, 0) is 43.4 Å². The summed E-state index contributed by atoms with van der Waals surface area (Å²) in [5.41, 5.74) is 15.3. The van der Waals surface area contributed by atoms with Gasteiger partial charge in [0.15, 0.2) is 0 Å². The van der Waals surface area contributed by atoms with Crippen molar-refractivity contribution in [2.24, 2.45) is 0 Å². The predicted octanol–water partition coefficient (Wildman–Crippen LogP) is 4.10. The molecule has 2 aromatic heterocycles. The molecule has 8 heteroatoms. The third-order valence-electron chi connectivity index (χ3n) is 4.86. The monoisotopic (exact) mass is 442 g/mol. The molecule has 2 aromatic carbocycles. The van der Waals surface area contributed by atoms with Gasteiger partial charge in [-0.1, -0.05) is 36.4 Å². The Labute approximate surface area is 192 Å². The molecule has 33 heavy (non-hydrogen) atoms. The highest BCUT2D eigenvalue weighted by atomic mass is 16.5. The Morgan fingerprint density at radius 2 is 1.61 bits per heavy atom. The fourth-order valence-electron chi connectivity index (χ4n) is 3.29. The van der Waals surface area contributed by atoms with Crippen LogP contribution in [0, 0.1) is 0 Å². The number of nitrogen functional groups attached to an aromatic ring is 2. The van der Waals surface area contributed by atoms with Crippen molar-refractivity contribution < 1.29 is 9.47 Å². The normalized spacial score (nSPS) is 10.9. The first-order chi connectivity index (χ1) is 16.0. The molecule has 0 aliphatic rings. The van der Waals surface area contributed by atoms with Gasteiger partial charge in [-0.3, -0.25) is 0 Å². The molecule has 0 fully saturated rings. The summed E-state index contributed by atoms with van der Waals surface area (Å²) in [6.07, 6.45) is 1.67. The van der Waals surface area contributed by atoms with Crippen molar-refractivity contribution >= 4 is 11.8 Å². The third kappa shape index (κ3) is 5.75. The van der Waals surface area contributed by atoms with Crippen LogP contribution in [0.15, 0.2) is 72.9 Å². The highest BCUT2D eigenvalue weighted by Gasteiger charge is 2.11. The Morgan fingerprint density at radius 3 is 2.33 bits per heavy atom. The summed E-state index contributed by atoms with van der Waals surface area (Å²) in [6.45, 7) is 1.37. The Kier molecular flexibility index (Phi) is 6.66. The zero-order valence-electron chi connectivity index (χ0n) is 18.6. The van der Waals surface area contributed by atoms with Crippen LogP contribution >= 0.6 is 0 Å². The fraction of sp³-hybridized carbons (Fsp3) is 0.160. The summed E-state index contributed by atoms with van der Waals surface area (Å²) in [5.74, 6) is 2.37. The van der Waals surface area contributed by atoms with E-state index in [0.717, 1.165) is 23.2 Å². The first-order valence-corrected chi connectivity index (χ1v) is 10.5. The summed E-state index contributed by atoms with van der Waals surface area (Å²) in [7, 11) is 3.99. The van der Waals surface area contributed by atoms with Gasteiger partial charge in [0.05, 0.1) is 5.69 Å². The van der Waals surface area contributed by atoms with E-state index in [0.29, 0.717) is 35.5 Å². The number of aromatic nitrogens is 3. The minimum absolute atomic E-state index is 0.144. The van der Waals surface area contributed by atoms with Crippen molar-refractivity contribution in [1.82, 2.24) is 19.9 Å². The smallest absolute Gasteiger partial charge is 0.222 e. The number of benzene rings is 2. The van der Waals surface area contributed by atoms with Crippen LogP contribution in [0.2, 0.25) is 0 Å². The van der Waals surface area contributed by atoms with Crippen LogP contribution < -0.4 is 20.9 Å². The zero-order valence-corrected chi connectivity index (χ0v) is 18.6. The lowest BCUT2D eigenvalue weighted by Gasteiger charge is -2.12. The maximum Gasteiger partial charge on any atom is 0.222 e. The van der Waals surface area contributed by atoms with E-state index in [1.54, 1.807) is 24.4 Å². The zero-order chi connectivity index (χ0) is 23.2. The topological polar surface area (TPSA) is 112 Å². The van der Waals surface area contributed by atoms with Gasteiger partial charge in [0, 0.05) is 30.4 Å². The number of pyridine rings is 1. The molecule has 0 saturated heterocycles. The third-order valence-corrected chi connectivity index (χ3v) is 4.86. The Hall–Kier alpha value is -4.17. The highest BCUT2D eigenvalue weighted by Crippen LogP contribution is 2.33. The molecule has 4 aromatic rings. The first-order valence-electron chi connectivity index (χ1n) is 10.5. The molecule has 0 aliphatic heterocycles. The number of nitrogens with zero attached hydrogens (tertiary/aromatic N) is 4. The van der Waals surface area contributed by atoms with Gasteiger partial charge in [-0.15, -0.1) is 0 Å². The van der Waals surface area contributed by atoms with Crippen LogP contribution in [0.5, 0.6) is 17.4 Å². The van der Waals surface area contributed by atoms with E-state index < -0.39 is 0 Å². The van der Waals surface area contributed by atoms with Crippen molar-refractivity contribution in [2.45, 2.75) is 0 Å². The van der Waals surface area contributed by atoms with Gasteiger partial charge in [-0.25, -0.2) is 9.97 Å². The van der Waals surface area contributed by atoms with Crippen molar-refractivity contribution in [2.75, 3.05) is 38.7 Å². The van der Waals surface area contributed by atoms with Gasteiger partial charge >= 0.3 is 0 Å². The van der Waals surface area contributed by atoms with Crippen LogP contribution in [0.3, 0.4) is 0 Å². The SMILES string of the molecule is CN(C)CCOc1cc(Oc2ccc(-c3ccccc3-c3cc(N)nc(N)n3)cc2)ccn1. The van der Waals surface area contributed by atoms with Gasteiger partial charge in [0.2, 0.25) is 11.8 Å². The van der Waals surface area contributed by atoms with E-state index in [9.17, 15) is 0 Å². The van der Waals surface area contributed by atoms with E-state index in [2.05, 4.69) is 19.9 Å². The van der Waals surface area contributed by atoms with E-state index in [1.165, 1.54) is 0 Å². The number of hydrogen-bond donors (Lipinski definition) is 2. The van der Waals surface area contributed by atoms with Crippen molar-refractivity contribution in [3.05, 3.63) is 72.9 Å². The quantitative estimate of drug-likeness (QED) is 0.419. The molecule has 0 aliphatic carbocycles. The van der Waals surface area contributed by atoms with Gasteiger partial charge in [0.1, 0.15) is 23.9 Å². The molecule has 4 rings (SSSR count). The summed E-state index contributed by atoms with van der Waals surface area (Å²) >= 11 is 0. The standard InChI is InChI=1S/C25H26N6O2/c1-31(2)13-14-32-24-15-19(11-12-28-24)33-18-9-7-17(8-10-18)20-5-3-4-6-21(20)22-16-23(26)30-25(27)29-22/h3-12,15-16H,13-14H2,1-2H3,(H4,26,27,29,30). The second-order valence-electron chi connectivity index (χ2n) is 7.69.